The van der Waals surface area contributed by atoms with Gasteiger partial charge in [-0.3, -0.25) is 0 Å². The molecule has 0 saturated carbocycles. The van der Waals surface area contributed by atoms with Crippen LogP contribution in [0.15, 0.2) is 48.7 Å². The average molecular weight is 321 g/mol. The van der Waals surface area contributed by atoms with Crippen molar-refractivity contribution in [2.24, 2.45) is 0 Å². The Kier molecular flexibility index (Phi) is 2.36. The van der Waals surface area contributed by atoms with Crippen molar-refractivity contribution in [2.45, 2.75) is 0 Å². The zero-order valence-corrected chi connectivity index (χ0v) is 10.5. The van der Waals surface area contributed by atoms with E-state index in [0.29, 0.717) is 0 Å². The van der Waals surface area contributed by atoms with Gasteiger partial charge in [-0.15, -0.1) is 0 Å². The van der Waals surface area contributed by atoms with Crippen molar-refractivity contribution in [3.8, 4) is 5.69 Å². The van der Waals surface area contributed by atoms with Crippen LogP contribution in [0.4, 0.5) is 0 Å². The lowest BCUT2D eigenvalue weighted by atomic mass is 10.3. The van der Waals surface area contributed by atoms with Crippen LogP contribution < -0.4 is 0 Å². The molecule has 4 heteroatoms. The summed E-state index contributed by atoms with van der Waals surface area (Å²) in [5, 5.41) is 5.59. The lowest BCUT2D eigenvalue weighted by Gasteiger charge is -2.00. The van der Waals surface area contributed by atoms with E-state index in [1.165, 1.54) is 0 Å². The van der Waals surface area contributed by atoms with E-state index in [1.54, 1.807) is 6.20 Å². The largest absolute Gasteiger partial charge is 0.236 e. The summed E-state index contributed by atoms with van der Waals surface area (Å²) in [4.78, 5) is 4.37. The predicted molar refractivity (Wildman–Crippen MR) is 71.6 cm³/mol. The molecule has 0 N–H and O–H groups in total. The number of halogens is 1. The molecule has 0 fully saturated rings. The molecule has 0 radical (unpaired) electrons. The summed E-state index contributed by atoms with van der Waals surface area (Å²) in [7, 11) is 0. The molecule has 0 atom stereocenters. The van der Waals surface area contributed by atoms with Crippen LogP contribution in [0.3, 0.4) is 0 Å². The number of para-hydroxylation sites is 1. The van der Waals surface area contributed by atoms with Gasteiger partial charge in [0.25, 0.3) is 0 Å². The van der Waals surface area contributed by atoms with Crippen LogP contribution in [0.2, 0.25) is 0 Å². The standard InChI is InChI=1S/C12H8IN3/c13-11-10-7-4-8-14-12(10)16(15-11)9-5-2-1-3-6-9/h1-8H. The molecule has 0 saturated heterocycles. The van der Waals surface area contributed by atoms with Crippen LogP contribution >= 0.6 is 22.6 Å². The first-order valence-electron chi connectivity index (χ1n) is 4.91. The van der Waals surface area contributed by atoms with Crippen LogP contribution in [-0.4, -0.2) is 14.8 Å². The molecule has 0 spiro atoms. The van der Waals surface area contributed by atoms with E-state index in [9.17, 15) is 0 Å². The van der Waals surface area contributed by atoms with Crippen molar-refractivity contribution < 1.29 is 0 Å². The van der Waals surface area contributed by atoms with Crippen LogP contribution in [0, 0.1) is 3.70 Å². The highest BCUT2D eigenvalue weighted by Gasteiger charge is 2.09. The average Bonchev–Trinajstić information content (AvgIpc) is 2.69. The van der Waals surface area contributed by atoms with E-state index in [1.807, 2.05) is 47.1 Å². The van der Waals surface area contributed by atoms with Gasteiger partial charge in [-0.2, -0.15) is 5.10 Å². The monoisotopic (exact) mass is 321 g/mol. The molecular weight excluding hydrogens is 313 g/mol. The topological polar surface area (TPSA) is 30.7 Å². The van der Waals surface area contributed by atoms with Gasteiger partial charge in [0.1, 0.15) is 3.70 Å². The third-order valence-electron chi connectivity index (χ3n) is 2.40. The Bertz CT molecular complexity index is 631. The van der Waals surface area contributed by atoms with E-state index in [4.69, 9.17) is 0 Å². The minimum Gasteiger partial charge on any atom is -0.236 e. The first-order chi connectivity index (χ1) is 7.86. The highest BCUT2D eigenvalue weighted by atomic mass is 127. The number of hydrogen-bond acceptors (Lipinski definition) is 2. The molecule has 0 aliphatic heterocycles. The van der Waals surface area contributed by atoms with Crippen molar-refractivity contribution in [2.75, 3.05) is 0 Å². The lowest BCUT2D eigenvalue weighted by Crippen LogP contribution is -1.96. The molecule has 0 bridgehead atoms. The molecule has 3 aromatic rings. The molecule has 16 heavy (non-hydrogen) atoms. The van der Waals surface area contributed by atoms with Gasteiger partial charge in [0.05, 0.1) is 11.1 Å². The van der Waals surface area contributed by atoms with Gasteiger partial charge < -0.3 is 0 Å². The Hall–Kier alpha value is -1.43. The molecule has 78 valence electrons. The molecule has 0 aliphatic rings. The molecule has 3 rings (SSSR count). The second-order valence-electron chi connectivity index (χ2n) is 3.41. The molecule has 2 heterocycles. The fraction of sp³-hybridized carbons (Fsp3) is 0. The normalized spacial score (nSPS) is 10.8. The smallest absolute Gasteiger partial charge is 0.164 e. The van der Waals surface area contributed by atoms with E-state index in [-0.39, 0.29) is 0 Å². The Labute approximate surface area is 106 Å². The maximum atomic E-state index is 4.50. The van der Waals surface area contributed by atoms with Crippen molar-refractivity contribution in [3.63, 3.8) is 0 Å². The number of aromatic nitrogens is 3. The first-order valence-corrected chi connectivity index (χ1v) is 5.99. The first kappa shape index (κ1) is 9.77. The summed E-state index contributed by atoms with van der Waals surface area (Å²) in [5.41, 5.74) is 1.94. The fourth-order valence-electron chi connectivity index (χ4n) is 1.67. The minimum atomic E-state index is 0.901. The molecule has 0 amide bonds. The summed E-state index contributed by atoms with van der Waals surface area (Å²) < 4.78 is 2.85. The Balaban J connectivity index is 2.33. The maximum absolute atomic E-state index is 4.50. The highest BCUT2D eigenvalue weighted by Crippen LogP contribution is 2.20. The summed E-state index contributed by atoms with van der Waals surface area (Å²) >= 11 is 2.23. The van der Waals surface area contributed by atoms with E-state index >= 15 is 0 Å². The summed E-state index contributed by atoms with van der Waals surface area (Å²) in [6, 6.07) is 14.0. The van der Waals surface area contributed by atoms with Gasteiger partial charge in [-0.25, -0.2) is 9.67 Å². The van der Waals surface area contributed by atoms with E-state index < -0.39 is 0 Å². The maximum Gasteiger partial charge on any atom is 0.164 e. The molecule has 0 unspecified atom stereocenters. The van der Waals surface area contributed by atoms with Gasteiger partial charge in [0.15, 0.2) is 5.65 Å². The van der Waals surface area contributed by atoms with Gasteiger partial charge in [0, 0.05) is 6.20 Å². The van der Waals surface area contributed by atoms with Crippen LogP contribution in [0.5, 0.6) is 0 Å². The second kappa shape index (κ2) is 3.86. The molecule has 0 aliphatic carbocycles. The van der Waals surface area contributed by atoms with Crippen LogP contribution in [0.1, 0.15) is 0 Å². The summed E-state index contributed by atoms with van der Waals surface area (Å²) in [6.07, 6.45) is 1.79. The van der Waals surface area contributed by atoms with Crippen molar-refractivity contribution in [1.82, 2.24) is 14.8 Å². The Morgan fingerprint density at radius 3 is 2.62 bits per heavy atom. The SMILES string of the molecule is Ic1nn(-c2ccccc2)c2ncccc12. The molecule has 2 aromatic heterocycles. The van der Waals surface area contributed by atoms with E-state index in [2.05, 4.69) is 32.7 Å². The van der Waals surface area contributed by atoms with Crippen LogP contribution in [0.25, 0.3) is 16.7 Å². The van der Waals surface area contributed by atoms with Crippen molar-refractivity contribution in [1.29, 1.82) is 0 Å². The van der Waals surface area contributed by atoms with Crippen molar-refractivity contribution >= 4 is 33.6 Å². The predicted octanol–water partition coefficient (Wildman–Crippen LogP) is 3.03. The lowest BCUT2D eigenvalue weighted by molar-refractivity contribution is 0.885. The fourth-order valence-corrected chi connectivity index (χ4v) is 2.30. The third-order valence-corrected chi connectivity index (χ3v) is 3.19. The minimum absolute atomic E-state index is 0.901. The molecular formula is C12H8IN3. The number of rotatable bonds is 1. The number of pyridine rings is 1. The molecule has 1 aromatic carbocycles. The highest BCUT2D eigenvalue weighted by molar-refractivity contribution is 14.1. The van der Waals surface area contributed by atoms with E-state index in [0.717, 1.165) is 20.4 Å². The molecule has 3 nitrogen and oxygen atoms in total. The number of fused-ring (bicyclic) bond motifs is 1. The van der Waals surface area contributed by atoms with Gasteiger partial charge in [-0.1, -0.05) is 18.2 Å². The summed E-state index contributed by atoms with van der Waals surface area (Å²) in [5.74, 6) is 0. The number of hydrogen-bond donors (Lipinski definition) is 0. The quantitative estimate of drug-likeness (QED) is 0.645. The zero-order chi connectivity index (χ0) is 11.0. The summed E-state index contributed by atoms with van der Waals surface area (Å²) in [6.45, 7) is 0. The second-order valence-corrected chi connectivity index (χ2v) is 4.43. The van der Waals surface area contributed by atoms with Gasteiger partial charge in [-0.05, 0) is 46.9 Å². The number of nitrogens with zero attached hydrogens (tertiary/aromatic N) is 3. The van der Waals surface area contributed by atoms with Gasteiger partial charge >= 0.3 is 0 Å². The van der Waals surface area contributed by atoms with Crippen LogP contribution in [-0.2, 0) is 0 Å². The third kappa shape index (κ3) is 1.49. The Morgan fingerprint density at radius 2 is 1.81 bits per heavy atom. The van der Waals surface area contributed by atoms with Crippen molar-refractivity contribution in [3.05, 3.63) is 52.4 Å². The zero-order valence-electron chi connectivity index (χ0n) is 8.34. The number of benzene rings is 1. The van der Waals surface area contributed by atoms with Gasteiger partial charge in [0.2, 0.25) is 0 Å². The Morgan fingerprint density at radius 1 is 1.00 bits per heavy atom.